The van der Waals surface area contributed by atoms with E-state index in [2.05, 4.69) is 10.6 Å². The Morgan fingerprint density at radius 2 is 1.95 bits per heavy atom. The number of nitrogens with one attached hydrogen (secondary N) is 2. The summed E-state index contributed by atoms with van der Waals surface area (Å²) in [5, 5.41) is 6.62. The molecule has 0 aromatic heterocycles. The van der Waals surface area contributed by atoms with Gasteiger partial charge in [0.1, 0.15) is 0 Å². The summed E-state index contributed by atoms with van der Waals surface area (Å²) >= 11 is 0. The first-order chi connectivity index (χ1) is 9.13. The molecule has 4 nitrogen and oxygen atoms in total. The summed E-state index contributed by atoms with van der Waals surface area (Å²) in [6.07, 6.45) is 0.114. The summed E-state index contributed by atoms with van der Waals surface area (Å²) in [7, 11) is 0. The van der Waals surface area contributed by atoms with Crippen LogP contribution in [0.25, 0.3) is 5.70 Å². The van der Waals surface area contributed by atoms with Crippen LogP contribution in [0.2, 0.25) is 0 Å². The Labute approximate surface area is 113 Å². The largest absolute Gasteiger partial charge is 0.463 e. The Hall–Kier alpha value is -1.81. The van der Waals surface area contributed by atoms with Crippen LogP contribution in [-0.2, 0) is 9.53 Å². The maximum absolute atomic E-state index is 12.1. The van der Waals surface area contributed by atoms with E-state index in [1.807, 2.05) is 51.1 Å². The maximum atomic E-state index is 12.1. The van der Waals surface area contributed by atoms with Gasteiger partial charge in [0.05, 0.1) is 24.0 Å². The molecule has 0 spiro atoms. The van der Waals surface area contributed by atoms with Crippen molar-refractivity contribution < 1.29 is 9.53 Å². The Kier molecular flexibility index (Phi) is 4.22. The molecular formula is C15H20N2O2. The number of carbonyl (C=O) groups is 1. The minimum absolute atomic E-state index is 0.0366. The molecule has 2 N–H and O–H groups in total. The van der Waals surface area contributed by atoms with Crippen LogP contribution in [0.1, 0.15) is 26.3 Å². The van der Waals surface area contributed by atoms with Crippen LogP contribution in [0, 0.1) is 0 Å². The molecule has 1 aliphatic rings. The molecule has 4 heteroatoms. The third kappa shape index (κ3) is 2.96. The van der Waals surface area contributed by atoms with Gasteiger partial charge in [0.2, 0.25) is 0 Å². The monoisotopic (exact) mass is 260 g/mol. The second-order valence-electron chi connectivity index (χ2n) is 4.63. The second-order valence-corrected chi connectivity index (χ2v) is 4.63. The van der Waals surface area contributed by atoms with E-state index in [1.165, 1.54) is 0 Å². The highest BCUT2D eigenvalue weighted by Gasteiger charge is 2.29. The average Bonchev–Trinajstić information content (AvgIpc) is 2.39. The summed E-state index contributed by atoms with van der Waals surface area (Å²) in [4.78, 5) is 12.1. The Bertz CT molecular complexity index is 482. The first kappa shape index (κ1) is 13.6. The third-order valence-corrected chi connectivity index (χ3v) is 3.12. The van der Waals surface area contributed by atoms with E-state index in [0.717, 1.165) is 11.3 Å². The van der Waals surface area contributed by atoms with Crippen molar-refractivity contribution in [3.05, 3.63) is 41.5 Å². The van der Waals surface area contributed by atoms with Crippen molar-refractivity contribution in [1.29, 1.82) is 0 Å². The molecule has 0 fully saturated rings. The van der Waals surface area contributed by atoms with Gasteiger partial charge in [-0.2, -0.15) is 0 Å². The van der Waals surface area contributed by atoms with Crippen molar-refractivity contribution in [1.82, 2.24) is 10.6 Å². The molecule has 102 valence electrons. The molecule has 0 unspecified atom stereocenters. The van der Waals surface area contributed by atoms with Gasteiger partial charge < -0.3 is 10.1 Å². The average molecular weight is 260 g/mol. The van der Waals surface area contributed by atoms with Crippen molar-refractivity contribution in [2.24, 2.45) is 0 Å². The third-order valence-electron chi connectivity index (χ3n) is 3.12. The predicted molar refractivity (Wildman–Crippen MR) is 75.2 cm³/mol. The topological polar surface area (TPSA) is 50.4 Å². The van der Waals surface area contributed by atoms with E-state index in [0.29, 0.717) is 12.2 Å². The fourth-order valence-electron chi connectivity index (χ4n) is 2.34. The first-order valence-electron chi connectivity index (χ1n) is 6.62. The summed E-state index contributed by atoms with van der Waals surface area (Å²) in [5.41, 5.74) is 2.52. The molecule has 1 heterocycles. The number of esters is 1. The van der Waals surface area contributed by atoms with E-state index in [4.69, 9.17) is 4.74 Å². The number of ether oxygens (including phenoxy) is 1. The highest BCUT2D eigenvalue weighted by Crippen LogP contribution is 2.23. The normalized spacial score (nSPS) is 22.9. The van der Waals surface area contributed by atoms with E-state index < -0.39 is 0 Å². The van der Waals surface area contributed by atoms with Gasteiger partial charge in [0, 0.05) is 6.04 Å². The summed E-state index contributed by atoms with van der Waals surface area (Å²) in [6.45, 7) is 6.21. The minimum atomic E-state index is -0.263. The van der Waals surface area contributed by atoms with Gasteiger partial charge in [-0.1, -0.05) is 30.3 Å². The Morgan fingerprint density at radius 1 is 1.26 bits per heavy atom. The van der Waals surface area contributed by atoms with Gasteiger partial charge in [-0.25, -0.2) is 4.79 Å². The standard InChI is InChI=1S/C15H20N2O2/c1-4-19-15(18)13-10(2)16-11(3)17-14(13)12-8-6-5-7-9-12/h5-11,16-17H,4H2,1-3H3/t10-,11+/m0/s1. The van der Waals surface area contributed by atoms with Crippen molar-refractivity contribution in [2.45, 2.75) is 33.0 Å². The molecule has 0 amide bonds. The van der Waals surface area contributed by atoms with Gasteiger partial charge in [-0.15, -0.1) is 0 Å². The van der Waals surface area contributed by atoms with Gasteiger partial charge in [-0.3, -0.25) is 5.32 Å². The molecule has 1 aromatic carbocycles. The summed E-state index contributed by atoms with van der Waals surface area (Å²) in [6, 6.07) is 9.83. The fraction of sp³-hybridized carbons (Fsp3) is 0.400. The smallest absolute Gasteiger partial charge is 0.337 e. The lowest BCUT2D eigenvalue weighted by Gasteiger charge is -2.32. The zero-order valence-corrected chi connectivity index (χ0v) is 11.6. The van der Waals surface area contributed by atoms with Crippen LogP contribution in [0.4, 0.5) is 0 Å². The van der Waals surface area contributed by atoms with Crippen LogP contribution in [0.5, 0.6) is 0 Å². The lowest BCUT2D eigenvalue weighted by Crippen LogP contribution is -2.51. The molecule has 0 bridgehead atoms. The van der Waals surface area contributed by atoms with E-state index in [1.54, 1.807) is 0 Å². The second kappa shape index (κ2) is 5.89. The van der Waals surface area contributed by atoms with Gasteiger partial charge in [0.15, 0.2) is 0 Å². The van der Waals surface area contributed by atoms with Crippen molar-refractivity contribution in [3.8, 4) is 0 Å². The fourth-order valence-corrected chi connectivity index (χ4v) is 2.34. The summed E-state index contributed by atoms with van der Waals surface area (Å²) in [5.74, 6) is -0.263. The van der Waals surface area contributed by atoms with Gasteiger partial charge in [0.25, 0.3) is 0 Å². The lowest BCUT2D eigenvalue weighted by molar-refractivity contribution is -0.138. The van der Waals surface area contributed by atoms with Crippen molar-refractivity contribution in [3.63, 3.8) is 0 Å². The first-order valence-corrected chi connectivity index (χ1v) is 6.62. The van der Waals surface area contributed by atoms with Gasteiger partial charge in [-0.05, 0) is 26.3 Å². The highest BCUT2D eigenvalue weighted by molar-refractivity contribution is 5.99. The zero-order chi connectivity index (χ0) is 13.8. The number of rotatable bonds is 3. The molecule has 0 saturated heterocycles. The summed E-state index contributed by atoms with van der Waals surface area (Å²) < 4.78 is 5.16. The minimum Gasteiger partial charge on any atom is -0.463 e. The van der Waals surface area contributed by atoms with Gasteiger partial charge >= 0.3 is 5.97 Å². The Balaban J connectivity index is 2.46. The molecule has 2 rings (SSSR count). The van der Waals surface area contributed by atoms with E-state index >= 15 is 0 Å². The molecule has 2 atom stereocenters. The number of hydrogen-bond donors (Lipinski definition) is 2. The highest BCUT2D eigenvalue weighted by atomic mass is 16.5. The molecular weight excluding hydrogens is 240 g/mol. The van der Waals surface area contributed by atoms with Crippen LogP contribution in [0.15, 0.2) is 35.9 Å². The lowest BCUT2D eigenvalue weighted by atomic mass is 9.98. The molecule has 0 saturated carbocycles. The van der Waals surface area contributed by atoms with E-state index in [9.17, 15) is 4.79 Å². The number of benzene rings is 1. The van der Waals surface area contributed by atoms with Crippen LogP contribution in [0.3, 0.4) is 0 Å². The molecule has 1 aliphatic heterocycles. The molecule has 1 aromatic rings. The maximum Gasteiger partial charge on any atom is 0.337 e. The predicted octanol–water partition coefficient (Wildman–Crippen LogP) is 1.89. The Morgan fingerprint density at radius 3 is 2.58 bits per heavy atom. The van der Waals surface area contributed by atoms with E-state index in [-0.39, 0.29) is 18.2 Å². The van der Waals surface area contributed by atoms with Crippen molar-refractivity contribution in [2.75, 3.05) is 6.61 Å². The number of hydrogen-bond acceptors (Lipinski definition) is 4. The van der Waals surface area contributed by atoms with Crippen LogP contribution < -0.4 is 10.6 Å². The molecule has 0 aliphatic carbocycles. The van der Waals surface area contributed by atoms with Crippen LogP contribution in [-0.4, -0.2) is 24.8 Å². The molecule has 19 heavy (non-hydrogen) atoms. The zero-order valence-electron chi connectivity index (χ0n) is 11.6. The SMILES string of the molecule is CCOC(=O)C1=C(c2ccccc2)N[C@H](C)N[C@H]1C. The van der Waals surface area contributed by atoms with Crippen molar-refractivity contribution >= 4 is 11.7 Å². The quantitative estimate of drug-likeness (QED) is 0.815. The number of carbonyl (C=O) groups excluding carboxylic acids is 1. The van der Waals surface area contributed by atoms with Crippen LogP contribution >= 0.6 is 0 Å². The molecule has 0 radical (unpaired) electrons.